The summed E-state index contributed by atoms with van der Waals surface area (Å²) in [5, 5.41) is 20.6. The van der Waals surface area contributed by atoms with E-state index < -0.39 is 0 Å². The molecule has 0 fully saturated rings. The summed E-state index contributed by atoms with van der Waals surface area (Å²) in [5.41, 5.74) is 4.43. The van der Waals surface area contributed by atoms with Crippen molar-refractivity contribution < 1.29 is 9.59 Å². The Hall–Kier alpha value is -3.38. The third kappa shape index (κ3) is 7.59. The third-order valence-electron chi connectivity index (χ3n) is 4.77. The molecule has 1 unspecified atom stereocenters. The number of amides is 2. The molecule has 0 aromatic carbocycles. The number of nitrogens with zero attached hydrogens (tertiary/aromatic N) is 5. The van der Waals surface area contributed by atoms with Crippen molar-refractivity contribution in [1.29, 1.82) is 0 Å². The van der Waals surface area contributed by atoms with E-state index in [4.69, 9.17) is 0 Å². The van der Waals surface area contributed by atoms with E-state index >= 15 is 0 Å². The van der Waals surface area contributed by atoms with Gasteiger partial charge in [0.25, 0.3) is 0 Å². The molecule has 4 heterocycles. The number of hydrogen-bond donors (Lipinski definition) is 3. The van der Waals surface area contributed by atoms with Gasteiger partial charge in [-0.25, -0.2) is 0 Å². The number of unbranched alkanes of at least 4 members (excludes halogenated alkanes) is 1. The highest BCUT2D eigenvalue weighted by Crippen LogP contribution is 2.21. The van der Waals surface area contributed by atoms with E-state index in [2.05, 4.69) is 41.3 Å². The molecular weight excluding hydrogens is 472 g/mol. The van der Waals surface area contributed by atoms with Gasteiger partial charge >= 0.3 is 0 Å². The quantitative estimate of drug-likeness (QED) is 0.345. The van der Waals surface area contributed by atoms with Crippen LogP contribution in [0.4, 0.5) is 5.13 Å². The van der Waals surface area contributed by atoms with Gasteiger partial charge in [0.2, 0.25) is 16.9 Å². The topological polar surface area (TPSA) is 134 Å². The largest absolute Gasteiger partial charge is 0.326 e. The van der Waals surface area contributed by atoms with E-state index in [9.17, 15) is 9.59 Å². The Labute approximate surface area is 205 Å². The summed E-state index contributed by atoms with van der Waals surface area (Å²) in [4.78, 5) is 32.3. The summed E-state index contributed by atoms with van der Waals surface area (Å²) in [6, 6.07) is 7.35. The lowest BCUT2D eigenvalue weighted by Crippen LogP contribution is -2.39. The second-order valence-corrected chi connectivity index (χ2v) is 9.77. The zero-order valence-electron chi connectivity index (χ0n) is 18.3. The van der Waals surface area contributed by atoms with Gasteiger partial charge in [-0.2, -0.15) is 5.10 Å². The van der Waals surface area contributed by atoms with E-state index in [1.807, 2.05) is 18.2 Å². The van der Waals surface area contributed by atoms with Gasteiger partial charge in [-0.3, -0.25) is 25.0 Å². The molecule has 0 saturated heterocycles. The summed E-state index contributed by atoms with van der Waals surface area (Å²) in [6.07, 6.45) is 10.7. The molecule has 4 rings (SSSR count). The van der Waals surface area contributed by atoms with Gasteiger partial charge in [0.05, 0.1) is 17.9 Å². The first-order chi connectivity index (χ1) is 16.6. The Morgan fingerprint density at radius 1 is 0.941 bits per heavy atom. The molecule has 0 saturated carbocycles. The lowest BCUT2D eigenvalue weighted by atomic mass is 10.2. The third-order valence-corrected chi connectivity index (χ3v) is 6.70. The average molecular weight is 497 g/mol. The second kappa shape index (κ2) is 12.2. The molecular formula is C22H24N8O2S2. The van der Waals surface area contributed by atoms with E-state index in [1.165, 1.54) is 23.1 Å². The molecule has 12 heteroatoms. The van der Waals surface area contributed by atoms with Crippen LogP contribution in [0.25, 0.3) is 0 Å². The molecule has 0 bridgehead atoms. The number of thioether (sulfide) groups is 1. The Balaban J connectivity index is 1.10. The Bertz CT molecular complexity index is 1120. The molecule has 0 aliphatic carbocycles. The first kappa shape index (κ1) is 23.8. The van der Waals surface area contributed by atoms with Crippen LogP contribution < -0.4 is 16.1 Å². The van der Waals surface area contributed by atoms with Gasteiger partial charge in [0.1, 0.15) is 5.01 Å². The van der Waals surface area contributed by atoms with Crippen LogP contribution in [0.2, 0.25) is 0 Å². The number of carbonyl (C=O) groups excluding carboxylic acids is 2. The molecule has 3 aromatic rings. The molecule has 1 atom stereocenters. The maximum Gasteiger partial charge on any atom is 0.230 e. The molecule has 34 heavy (non-hydrogen) atoms. The Kier molecular flexibility index (Phi) is 8.52. The lowest BCUT2D eigenvalue weighted by Gasteiger charge is -2.11. The van der Waals surface area contributed by atoms with E-state index in [-0.39, 0.29) is 30.2 Å². The fraction of sp³-hybridized carbons (Fsp3) is 0.318. The van der Waals surface area contributed by atoms with Crippen LogP contribution >= 0.6 is 23.1 Å². The minimum Gasteiger partial charge on any atom is -0.326 e. The van der Waals surface area contributed by atoms with Crippen LogP contribution in [-0.2, 0) is 28.9 Å². The molecule has 1 aliphatic rings. The number of nitrogens with one attached hydrogen (secondary N) is 3. The summed E-state index contributed by atoms with van der Waals surface area (Å²) in [6.45, 7) is 0. The lowest BCUT2D eigenvalue weighted by molar-refractivity contribution is -0.120. The van der Waals surface area contributed by atoms with Gasteiger partial charge in [-0.05, 0) is 42.5 Å². The van der Waals surface area contributed by atoms with Crippen LogP contribution in [0.15, 0.2) is 54.2 Å². The zero-order valence-corrected chi connectivity index (χ0v) is 19.9. The van der Waals surface area contributed by atoms with Crippen LogP contribution in [0.5, 0.6) is 0 Å². The van der Waals surface area contributed by atoms with Gasteiger partial charge in [-0.15, -0.1) is 10.2 Å². The molecule has 176 valence electrons. The standard InChI is InChI=1S/C22H24N8O2S2/c31-17(11-15-5-3-9-23-13-15)25-21-29-27-19(33-21)7-1-2-8-20-28-30-22(34-20)26-18(32)12-16-6-4-10-24-14-16/h3-6,9-10,13-14,21,29H,1-2,7-8,11-12H2,(H,25,31)(H,26,30,32). The van der Waals surface area contributed by atoms with Crippen molar-refractivity contribution in [3.63, 3.8) is 0 Å². The van der Waals surface area contributed by atoms with Crippen LogP contribution in [0.3, 0.4) is 0 Å². The smallest absolute Gasteiger partial charge is 0.230 e. The highest BCUT2D eigenvalue weighted by Gasteiger charge is 2.20. The van der Waals surface area contributed by atoms with Gasteiger partial charge in [0, 0.05) is 31.2 Å². The fourth-order valence-electron chi connectivity index (χ4n) is 3.19. The van der Waals surface area contributed by atoms with Crippen molar-refractivity contribution in [3.8, 4) is 0 Å². The highest BCUT2D eigenvalue weighted by molar-refractivity contribution is 8.14. The van der Waals surface area contributed by atoms with Gasteiger partial charge in [-0.1, -0.05) is 35.2 Å². The summed E-state index contributed by atoms with van der Waals surface area (Å²) >= 11 is 2.91. The maximum absolute atomic E-state index is 12.2. The number of carbonyl (C=O) groups is 2. The van der Waals surface area contributed by atoms with Crippen molar-refractivity contribution in [2.45, 2.75) is 44.0 Å². The van der Waals surface area contributed by atoms with Crippen LogP contribution in [0.1, 0.15) is 35.4 Å². The number of hydrogen-bond acceptors (Lipinski definition) is 10. The normalized spacial score (nSPS) is 14.8. The average Bonchev–Trinajstić information content (AvgIpc) is 3.47. The van der Waals surface area contributed by atoms with Crippen molar-refractivity contribution >= 4 is 45.1 Å². The van der Waals surface area contributed by atoms with Crippen molar-refractivity contribution in [3.05, 3.63) is 65.2 Å². The Morgan fingerprint density at radius 3 is 2.35 bits per heavy atom. The first-order valence-electron chi connectivity index (χ1n) is 10.8. The maximum atomic E-state index is 12.2. The second-order valence-electron chi connectivity index (χ2n) is 7.53. The predicted octanol–water partition coefficient (Wildman–Crippen LogP) is 2.51. The van der Waals surface area contributed by atoms with E-state index in [0.717, 1.165) is 46.9 Å². The number of anilines is 1. The number of hydrazone groups is 1. The van der Waals surface area contributed by atoms with Crippen molar-refractivity contribution in [1.82, 2.24) is 30.9 Å². The number of aryl methyl sites for hydroxylation is 1. The van der Waals surface area contributed by atoms with Gasteiger partial charge in [0.15, 0.2) is 5.50 Å². The number of aromatic nitrogens is 4. The van der Waals surface area contributed by atoms with Crippen molar-refractivity contribution in [2.75, 3.05) is 5.32 Å². The first-order valence-corrected chi connectivity index (χ1v) is 12.5. The molecule has 0 radical (unpaired) electrons. The monoisotopic (exact) mass is 496 g/mol. The molecule has 0 spiro atoms. The fourth-order valence-corrected chi connectivity index (χ4v) is 4.92. The molecule has 10 nitrogen and oxygen atoms in total. The summed E-state index contributed by atoms with van der Waals surface area (Å²) in [7, 11) is 0. The Morgan fingerprint density at radius 2 is 1.65 bits per heavy atom. The highest BCUT2D eigenvalue weighted by atomic mass is 32.2. The van der Waals surface area contributed by atoms with Gasteiger partial charge < -0.3 is 10.6 Å². The molecule has 3 N–H and O–H groups in total. The molecule has 1 aliphatic heterocycles. The van der Waals surface area contributed by atoms with E-state index in [0.29, 0.717) is 5.13 Å². The zero-order chi connectivity index (χ0) is 23.6. The number of pyridine rings is 2. The SMILES string of the molecule is O=C(Cc1cccnc1)Nc1nnc(CCCCC2=NNC(NC(=O)Cc3cccnc3)S2)s1. The molecule has 3 aromatic heterocycles. The number of rotatable bonds is 11. The van der Waals surface area contributed by atoms with Crippen LogP contribution in [0, 0.1) is 0 Å². The summed E-state index contributed by atoms with van der Waals surface area (Å²) < 4.78 is 0. The minimum atomic E-state index is -0.250. The minimum absolute atomic E-state index is 0.0750. The van der Waals surface area contributed by atoms with E-state index in [1.54, 1.807) is 30.9 Å². The van der Waals surface area contributed by atoms with Crippen molar-refractivity contribution in [2.24, 2.45) is 5.10 Å². The van der Waals surface area contributed by atoms with Crippen LogP contribution in [-0.4, -0.2) is 42.5 Å². The summed E-state index contributed by atoms with van der Waals surface area (Å²) in [5.74, 6) is -0.212. The molecule has 2 amide bonds. The predicted molar refractivity (Wildman–Crippen MR) is 132 cm³/mol.